The van der Waals surface area contributed by atoms with Gasteiger partial charge in [-0.2, -0.15) is 0 Å². The van der Waals surface area contributed by atoms with Crippen molar-refractivity contribution in [3.63, 3.8) is 0 Å². The molecule has 2 amide bonds. The number of amides is 2. The Labute approximate surface area is 177 Å². The summed E-state index contributed by atoms with van der Waals surface area (Å²) in [7, 11) is 0. The number of fused-ring (bicyclic) bond motifs is 1. The number of halogens is 1. The standard InChI is InChI=1S/C20H14BrN3O4S/c21-12-3-6-14(7-4-12)28-11-18(25)22-13-5-8-15-17(10-13)29-20(23-15)24-19(26)16-2-1-9-27-16/h1-10H,11H2,(H,22,25)(H,23,24,26). The molecule has 2 aromatic carbocycles. The number of carbonyl (C=O) groups excluding carboxylic acids is 2. The number of nitrogens with one attached hydrogen (secondary N) is 2. The summed E-state index contributed by atoms with van der Waals surface area (Å²) in [5.74, 6) is 0.178. The molecule has 0 radical (unpaired) electrons. The van der Waals surface area contributed by atoms with Crippen LogP contribution in [0.4, 0.5) is 10.8 Å². The lowest BCUT2D eigenvalue weighted by Crippen LogP contribution is -2.20. The molecule has 146 valence electrons. The Morgan fingerprint density at radius 3 is 2.69 bits per heavy atom. The van der Waals surface area contributed by atoms with Gasteiger partial charge in [-0.15, -0.1) is 0 Å². The lowest BCUT2D eigenvalue weighted by molar-refractivity contribution is -0.118. The van der Waals surface area contributed by atoms with E-state index in [4.69, 9.17) is 9.15 Å². The zero-order valence-corrected chi connectivity index (χ0v) is 17.2. The maximum Gasteiger partial charge on any atom is 0.293 e. The van der Waals surface area contributed by atoms with Gasteiger partial charge in [0.25, 0.3) is 11.8 Å². The van der Waals surface area contributed by atoms with Gasteiger partial charge in [-0.05, 0) is 54.6 Å². The largest absolute Gasteiger partial charge is 0.484 e. The molecule has 0 unspecified atom stereocenters. The van der Waals surface area contributed by atoms with E-state index in [1.807, 2.05) is 12.1 Å². The van der Waals surface area contributed by atoms with Crippen molar-refractivity contribution in [2.24, 2.45) is 0 Å². The number of aromatic nitrogens is 1. The molecule has 2 N–H and O–H groups in total. The van der Waals surface area contributed by atoms with Crippen molar-refractivity contribution in [1.29, 1.82) is 0 Å². The molecule has 2 heterocycles. The van der Waals surface area contributed by atoms with E-state index in [1.165, 1.54) is 17.6 Å². The quantitative estimate of drug-likeness (QED) is 0.416. The number of benzene rings is 2. The highest BCUT2D eigenvalue weighted by Crippen LogP contribution is 2.28. The van der Waals surface area contributed by atoms with Gasteiger partial charge in [0.1, 0.15) is 5.75 Å². The minimum absolute atomic E-state index is 0.104. The molecule has 7 nitrogen and oxygen atoms in total. The molecular weight excluding hydrogens is 458 g/mol. The highest BCUT2D eigenvalue weighted by molar-refractivity contribution is 9.10. The number of furan rings is 1. The number of rotatable bonds is 6. The van der Waals surface area contributed by atoms with Crippen molar-refractivity contribution in [1.82, 2.24) is 4.98 Å². The highest BCUT2D eigenvalue weighted by atomic mass is 79.9. The first-order valence-electron chi connectivity index (χ1n) is 8.50. The molecule has 0 atom stereocenters. The molecule has 29 heavy (non-hydrogen) atoms. The molecule has 0 aliphatic rings. The van der Waals surface area contributed by atoms with E-state index in [0.717, 1.165) is 9.17 Å². The molecule has 4 aromatic rings. The monoisotopic (exact) mass is 471 g/mol. The second-order valence-corrected chi connectivity index (χ2v) is 7.87. The van der Waals surface area contributed by atoms with Crippen LogP contribution in [0.2, 0.25) is 0 Å². The molecule has 0 aliphatic heterocycles. The Morgan fingerprint density at radius 2 is 1.93 bits per heavy atom. The number of thiazole rings is 1. The van der Waals surface area contributed by atoms with Gasteiger partial charge in [0.05, 0.1) is 16.5 Å². The lowest BCUT2D eigenvalue weighted by Gasteiger charge is -2.07. The smallest absolute Gasteiger partial charge is 0.293 e. The van der Waals surface area contributed by atoms with E-state index >= 15 is 0 Å². The fourth-order valence-electron chi connectivity index (χ4n) is 2.50. The van der Waals surface area contributed by atoms with E-state index in [2.05, 4.69) is 31.5 Å². The van der Waals surface area contributed by atoms with Crippen LogP contribution < -0.4 is 15.4 Å². The molecule has 0 aliphatic carbocycles. The van der Waals surface area contributed by atoms with Crippen molar-refractivity contribution < 1.29 is 18.7 Å². The Morgan fingerprint density at radius 1 is 1.10 bits per heavy atom. The Kier molecular flexibility index (Phi) is 5.59. The van der Waals surface area contributed by atoms with Crippen molar-refractivity contribution >= 4 is 60.1 Å². The zero-order valence-electron chi connectivity index (χ0n) is 14.8. The van der Waals surface area contributed by atoms with Gasteiger partial charge in [-0.1, -0.05) is 27.3 Å². The van der Waals surface area contributed by atoms with Crippen LogP contribution in [-0.4, -0.2) is 23.4 Å². The molecule has 4 rings (SSSR count). The van der Waals surface area contributed by atoms with E-state index in [0.29, 0.717) is 22.1 Å². The first-order valence-corrected chi connectivity index (χ1v) is 10.1. The average Bonchev–Trinajstić information content (AvgIpc) is 3.37. The third kappa shape index (κ3) is 4.82. The average molecular weight is 472 g/mol. The van der Waals surface area contributed by atoms with Crippen LogP contribution in [0, 0.1) is 0 Å². The molecule has 0 bridgehead atoms. The summed E-state index contributed by atoms with van der Waals surface area (Å²) in [5.41, 5.74) is 1.34. The van der Waals surface area contributed by atoms with Gasteiger partial charge < -0.3 is 14.5 Å². The van der Waals surface area contributed by atoms with Crippen LogP contribution in [0.5, 0.6) is 5.75 Å². The second-order valence-electron chi connectivity index (χ2n) is 5.92. The van der Waals surface area contributed by atoms with E-state index < -0.39 is 0 Å². The van der Waals surface area contributed by atoms with Crippen LogP contribution in [0.15, 0.2) is 69.8 Å². The van der Waals surface area contributed by atoms with Crippen molar-refractivity contribution in [2.75, 3.05) is 17.2 Å². The SMILES string of the molecule is O=C(COc1ccc(Br)cc1)Nc1ccc2nc(NC(=O)c3ccco3)sc2c1. The van der Waals surface area contributed by atoms with Gasteiger partial charge in [0.15, 0.2) is 17.5 Å². The summed E-state index contributed by atoms with van der Waals surface area (Å²) in [6.07, 6.45) is 1.43. The number of anilines is 2. The fraction of sp³-hybridized carbons (Fsp3) is 0.0500. The number of hydrogen-bond acceptors (Lipinski definition) is 6. The van der Waals surface area contributed by atoms with E-state index in [9.17, 15) is 9.59 Å². The molecule has 2 aromatic heterocycles. The van der Waals surface area contributed by atoms with Gasteiger partial charge in [-0.25, -0.2) is 4.98 Å². The molecule has 0 spiro atoms. The van der Waals surface area contributed by atoms with Crippen LogP contribution in [0.3, 0.4) is 0 Å². The van der Waals surface area contributed by atoms with Crippen molar-refractivity contribution in [2.45, 2.75) is 0 Å². The van der Waals surface area contributed by atoms with Crippen LogP contribution >= 0.6 is 27.3 Å². The summed E-state index contributed by atoms with van der Waals surface area (Å²) in [6.45, 7) is -0.104. The van der Waals surface area contributed by atoms with E-state index in [1.54, 1.807) is 42.5 Å². The molecule has 0 fully saturated rings. The molecule has 0 saturated heterocycles. The third-order valence-corrected chi connectivity index (χ3v) is 5.28. The minimum atomic E-state index is -0.368. The predicted molar refractivity (Wildman–Crippen MR) is 115 cm³/mol. The molecule has 9 heteroatoms. The predicted octanol–water partition coefficient (Wildman–Crippen LogP) is 4.92. The minimum Gasteiger partial charge on any atom is -0.484 e. The normalized spacial score (nSPS) is 10.7. The van der Waals surface area contributed by atoms with Crippen molar-refractivity contribution in [3.8, 4) is 5.75 Å². The Hall–Kier alpha value is -3.17. The summed E-state index contributed by atoms with van der Waals surface area (Å²) in [6, 6.07) is 15.8. The summed E-state index contributed by atoms with van der Waals surface area (Å²) in [4.78, 5) is 28.6. The molecular formula is C20H14BrN3O4S. The maximum absolute atomic E-state index is 12.1. The number of hydrogen-bond donors (Lipinski definition) is 2. The second kappa shape index (κ2) is 8.46. The number of ether oxygens (including phenoxy) is 1. The van der Waals surface area contributed by atoms with Crippen LogP contribution in [0.1, 0.15) is 10.6 Å². The van der Waals surface area contributed by atoms with Gasteiger partial charge in [-0.3, -0.25) is 14.9 Å². The van der Waals surface area contributed by atoms with E-state index in [-0.39, 0.29) is 24.2 Å². The van der Waals surface area contributed by atoms with Gasteiger partial charge >= 0.3 is 0 Å². The Balaban J connectivity index is 1.38. The third-order valence-electron chi connectivity index (χ3n) is 3.82. The van der Waals surface area contributed by atoms with Crippen LogP contribution in [-0.2, 0) is 4.79 Å². The first kappa shape index (κ1) is 19.2. The molecule has 0 saturated carbocycles. The van der Waals surface area contributed by atoms with Crippen LogP contribution in [0.25, 0.3) is 10.2 Å². The number of nitrogens with zero attached hydrogens (tertiary/aromatic N) is 1. The lowest BCUT2D eigenvalue weighted by atomic mass is 10.3. The maximum atomic E-state index is 12.1. The zero-order chi connectivity index (χ0) is 20.2. The van der Waals surface area contributed by atoms with Crippen molar-refractivity contribution in [3.05, 3.63) is 71.1 Å². The summed E-state index contributed by atoms with van der Waals surface area (Å²) >= 11 is 4.65. The summed E-state index contributed by atoms with van der Waals surface area (Å²) < 4.78 is 12.3. The fourth-order valence-corrected chi connectivity index (χ4v) is 3.66. The van der Waals surface area contributed by atoms with Gasteiger partial charge in [0.2, 0.25) is 0 Å². The summed E-state index contributed by atoms with van der Waals surface area (Å²) in [5, 5.41) is 5.94. The topological polar surface area (TPSA) is 93.5 Å². The van der Waals surface area contributed by atoms with Gasteiger partial charge in [0, 0.05) is 10.2 Å². The number of carbonyl (C=O) groups is 2. The Bertz CT molecular complexity index is 1160. The first-order chi connectivity index (χ1) is 14.1. The highest BCUT2D eigenvalue weighted by Gasteiger charge is 2.13.